The van der Waals surface area contributed by atoms with Gasteiger partial charge in [-0.05, 0) is 69.1 Å². The molecule has 2 rings (SSSR count). The zero-order valence-electron chi connectivity index (χ0n) is 24.1. The molecule has 15 nitrogen and oxygen atoms in total. The van der Waals surface area contributed by atoms with Crippen LogP contribution in [0.15, 0.2) is 0 Å². The summed E-state index contributed by atoms with van der Waals surface area (Å²) >= 11 is 0. The number of carbonyl (C=O) groups is 5. The summed E-state index contributed by atoms with van der Waals surface area (Å²) < 4.78 is 0. The monoisotopic (exact) mass is 601 g/mol. The van der Waals surface area contributed by atoms with E-state index in [4.69, 9.17) is 11.5 Å². The molecular weight excluding hydrogens is 554 g/mol. The Hall–Kier alpha value is -2.85. The van der Waals surface area contributed by atoms with Gasteiger partial charge in [-0.3, -0.25) is 38.7 Å². The van der Waals surface area contributed by atoms with Crippen molar-refractivity contribution in [3.05, 3.63) is 0 Å². The lowest BCUT2D eigenvalue weighted by atomic mass is 9.65. The van der Waals surface area contributed by atoms with Crippen LogP contribution in [-0.2, 0) is 24.0 Å². The summed E-state index contributed by atoms with van der Waals surface area (Å²) in [5.74, 6) is -6.01. The molecule has 0 aromatic carbocycles. The maximum Gasteiger partial charge on any atom is 0.317 e. The minimum Gasteiger partial charge on any atom is -0.480 e. The molecular formula is C27H47N5O10. The third-order valence-electron chi connectivity index (χ3n) is 8.57. The van der Waals surface area contributed by atoms with Crippen LogP contribution in [0.4, 0.5) is 0 Å². The zero-order valence-corrected chi connectivity index (χ0v) is 24.1. The van der Waals surface area contributed by atoms with Gasteiger partial charge in [0.25, 0.3) is 0 Å². The Balaban J connectivity index is 2.49. The second-order valence-corrected chi connectivity index (χ2v) is 11.8. The fourth-order valence-corrected chi connectivity index (χ4v) is 6.76. The first-order valence-electron chi connectivity index (χ1n) is 14.5. The Morgan fingerprint density at radius 3 is 1.24 bits per heavy atom. The average molecular weight is 602 g/mol. The largest absolute Gasteiger partial charge is 0.480 e. The van der Waals surface area contributed by atoms with Crippen molar-refractivity contribution in [1.82, 2.24) is 14.7 Å². The SMILES string of the molecule is NC1CCC(C(C2CCC(N)CC2)C(CN(CCN(CC(=O)O)CC(=O)O)CC(=O)O)N(CC(=O)O)CC(=O)O)CC1. The van der Waals surface area contributed by atoms with Gasteiger partial charge >= 0.3 is 29.8 Å². The van der Waals surface area contributed by atoms with Gasteiger partial charge in [-0.1, -0.05) is 0 Å². The third-order valence-corrected chi connectivity index (χ3v) is 8.57. The first kappa shape index (κ1) is 35.3. The highest BCUT2D eigenvalue weighted by Crippen LogP contribution is 2.43. The maximum atomic E-state index is 11.9. The van der Waals surface area contributed by atoms with Gasteiger partial charge in [0.1, 0.15) is 0 Å². The second-order valence-electron chi connectivity index (χ2n) is 11.8. The van der Waals surface area contributed by atoms with Crippen LogP contribution in [-0.4, -0.2) is 141 Å². The number of rotatable bonds is 19. The summed E-state index contributed by atoms with van der Waals surface area (Å²) in [4.78, 5) is 62.5. The van der Waals surface area contributed by atoms with E-state index in [-0.39, 0.29) is 49.5 Å². The van der Waals surface area contributed by atoms with Crippen LogP contribution in [0.25, 0.3) is 0 Å². The molecule has 0 radical (unpaired) electrons. The van der Waals surface area contributed by atoms with Crippen molar-refractivity contribution in [2.24, 2.45) is 29.2 Å². The van der Waals surface area contributed by atoms with Crippen LogP contribution in [0.5, 0.6) is 0 Å². The van der Waals surface area contributed by atoms with Gasteiger partial charge in [0.05, 0.1) is 32.7 Å². The summed E-state index contributed by atoms with van der Waals surface area (Å²) in [7, 11) is 0. The number of aliphatic carboxylic acids is 5. The van der Waals surface area contributed by atoms with E-state index in [1.807, 2.05) is 0 Å². The molecule has 0 spiro atoms. The summed E-state index contributed by atoms with van der Waals surface area (Å²) in [6.07, 6.45) is 6.22. The van der Waals surface area contributed by atoms with Crippen LogP contribution in [0.1, 0.15) is 51.4 Å². The Kier molecular flexibility index (Phi) is 14.6. The van der Waals surface area contributed by atoms with E-state index >= 15 is 0 Å². The third kappa shape index (κ3) is 12.6. The number of carboxylic acid groups (broad SMARTS) is 5. The average Bonchev–Trinajstić information content (AvgIpc) is 2.86. The van der Waals surface area contributed by atoms with Gasteiger partial charge in [0.15, 0.2) is 0 Å². The van der Waals surface area contributed by atoms with E-state index in [1.54, 1.807) is 0 Å². The molecule has 0 aromatic heterocycles. The Labute approximate surface area is 245 Å². The molecule has 0 aromatic rings. The summed E-state index contributed by atoms with van der Waals surface area (Å²) in [5.41, 5.74) is 12.4. The molecule has 2 fully saturated rings. The summed E-state index contributed by atoms with van der Waals surface area (Å²) in [6, 6.07) is -0.554. The molecule has 0 bridgehead atoms. The lowest BCUT2D eigenvalue weighted by Crippen LogP contribution is -2.56. The Morgan fingerprint density at radius 1 is 0.548 bits per heavy atom. The number of hydrogen-bond acceptors (Lipinski definition) is 10. The van der Waals surface area contributed by atoms with Gasteiger partial charge in [0.2, 0.25) is 0 Å². The first-order chi connectivity index (χ1) is 19.7. The lowest BCUT2D eigenvalue weighted by molar-refractivity contribution is -0.146. The molecule has 9 N–H and O–H groups in total. The Bertz CT molecular complexity index is 867. The number of nitrogens with zero attached hydrogens (tertiary/aromatic N) is 3. The molecule has 2 aliphatic carbocycles. The number of carboxylic acids is 5. The van der Waals surface area contributed by atoms with E-state index in [9.17, 15) is 49.5 Å². The maximum absolute atomic E-state index is 11.9. The van der Waals surface area contributed by atoms with Crippen molar-refractivity contribution in [3.8, 4) is 0 Å². The molecule has 0 aliphatic heterocycles. The van der Waals surface area contributed by atoms with E-state index < -0.39 is 68.6 Å². The van der Waals surface area contributed by atoms with Crippen LogP contribution < -0.4 is 11.5 Å². The molecule has 42 heavy (non-hydrogen) atoms. The predicted molar refractivity (Wildman–Crippen MR) is 150 cm³/mol. The van der Waals surface area contributed by atoms with Crippen LogP contribution in [0.3, 0.4) is 0 Å². The van der Waals surface area contributed by atoms with Crippen LogP contribution in [0, 0.1) is 17.8 Å². The highest BCUT2D eigenvalue weighted by Gasteiger charge is 2.42. The molecule has 2 aliphatic rings. The van der Waals surface area contributed by atoms with Crippen molar-refractivity contribution in [3.63, 3.8) is 0 Å². The van der Waals surface area contributed by atoms with Crippen molar-refractivity contribution < 1.29 is 49.5 Å². The van der Waals surface area contributed by atoms with Gasteiger partial charge in [-0.15, -0.1) is 0 Å². The highest BCUT2D eigenvalue weighted by molar-refractivity contribution is 5.73. The molecule has 1 unspecified atom stereocenters. The smallest absolute Gasteiger partial charge is 0.317 e. The quantitative estimate of drug-likeness (QED) is 0.0970. The van der Waals surface area contributed by atoms with Gasteiger partial charge in [-0.2, -0.15) is 0 Å². The van der Waals surface area contributed by atoms with Gasteiger partial charge < -0.3 is 37.0 Å². The fourth-order valence-electron chi connectivity index (χ4n) is 6.76. The molecule has 0 heterocycles. The predicted octanol–water partition coefficient (Wildman–Crippen LogP) is -0.665. The normalized spacial score (nSPS) is 24.4. The highest BCUT2D eigenvalue weighted by atomic mass is 16.4. The van der Waals surface area contributed by atoms with Crippen molar-refractivity contribution >= 4 is 29.8 Å². The van der Waals surface area contributed by atoms with E-state index in [2.05, 4.69) is 0 Å². The van der Waals surface area contributed by atoms with E-state index in [1.165, 1.54) is 14.7 Å². The zero-order chi connectivity index (χ0) is 31.4. The van der Waals surface area contributed by atoms with Gasteiger partial charge in [0, 0.05) is 37.8 Å². The second kappa shape index (κ2) is 17.3. The first-order valence-corrected chi connectivity index (χ1v) is 14.5. The van der Waals surface area contributed by atoms with E-state index in [0.29, 0.717) is 0 Å². The summed E-state index contributed by atoms with van der Waals surface area (Å²) in [6.45, 7) is -2.80. The molecule has 240 valence electrons. The minimum absolute atomic E-state index is 0.0105. The molecule has 0 amide bonds. The standard InChI is InChI=1S/C27H47N5O10/c28-19-5-1-17(2-6-19)27(18-3-7-20(29)8-4-18)21(32(15-25(39)40)16-26(41)42)11-30(12-22(33)34)9-10-31(13-23(35)36)14-24(37)38/h17-21,27H,1-16,28-29H2,(H,33,34)(H,35,36)(H,37,38)(H,39,40)(H,41,42). The van der Waals surface area contributed by atoms with Crippen molar-refractivity contribution in [2.45, 2.75) is 69.5 Å². The molecule has 15 heteroatoms. The minimum atomic E-state index is -1.24. The van der Waals surface area contributed by atoms with E-state index in [0.717, 1.165) is 51.4 Å². The summed E-state index contributed by atoms with van der Waals surface area (Å²) in [5, 5.41) is 47.6. The van der Waals surface area contributed by atoms with Crippen LogP contribution in [0.2, 0.25) is 0 Å². The van der Waals surface area contributed by atoms with Gasteiger partial charge in [-0.25, -0.2) is 0 Å². The molecule has 0 saturated heterocycles. The molecule has 1 atom stereocenters. The topological polar surface area (TPSA) is 248 Å². The van der Waals surface area contributed by atoms with Crippen molar-refractivity contribution in [1.29, 1.82) is 0 Å². The Morgan fingerprint density at radius 2 is 0.881 bits per heavy atom. The fraction of sp³-hybridized carbons (Fsp3) is 0.815. The number of hydrogen-bond donors (Lipinski definition) is 7. The van der Waals surface area contributed by atoms with Crippen LogP contribution >= 0.6 is 0 Å². The lowest BCUT2D eigenvalue weighted by Gasteiger charge is -2.48. The molecule has 2 saturated carbocycles. The van der Waals surface area contributed by atoms with Crippen molar-refractivity contribution in [2.75, 3.05) is 52.4 Å². The number of nitrogens with two attached hydrogens (primary N) is 2.